The standard InChI is InChI=1S/C62H117N2O7P/c1-7-10-13-16-19-22-25-28-30-31-32-33-35-36-39-42-45-48-51-54-61(65)63-59(58-70-72(67,68)69-57-56-64(4,5)6)60(53-50-47-44-41-38-27-24-21-18-15-12-9-3)71-62(66)55-52-49-46-43-40-37-34-29-26-23-20-17-14-11-8-2/h20,23,26,28-30,50,53,59-60H,7-19,21-22,24-25,27,31-49,51-52,54-58H2,1-6H3,(H-,63,65,67,68)/b23-20+,29-26+,30-28+,53-50-. The van der Waals surface area contributed by atoms with Gasteiger partial charge < -0.3 is 28.5 Å². The van der Waals surface area contributed by atoms with Crippen LogP contribution < -0.4 is 10.2 Å². The number of esters is 1. The first-order valence-electron chi connectivity index (χ1n) is 30.5. The van der Waals surface area contributed by atoms with E-state index in [2.05, 4.69) is 62.5 Å². The van der Waals surface area contributed by atoms with Crippen LogP contribution in [0.4, 0.5) is 0 Å². The summed E-state index contributed by atoms with van der Waals surface area (Å²) in [6.45, 7) is 6.81. The molecule has 1 N–H and O–H groups in total. The van der Waals surface area contributed by atoms with Gasteiger partial charge in [-0.15, -0.1) is 0 Å². The number of carbonyl (C=O) groups excluding carboxylic acids is 2. The summed E-state index contributed by atoms with van der Waals surface area (Å²) >= 11 is 0. The molecule has 10 heteroatoms. The molecule has 0 aliphatic rings. The van der Waals surface area contributed by atoms with E-state index in [1.807, 2.05) is 33.3 Å². The zero-order valence-electron chi connectivity index (χ0n) is 48.1. The Morgan fingerprint density at radius 2 is 0.847 bits per heavy atom. The van der Waals surface area contributed by atoms with Crippen molar-refractivity contribution in [3.63, 3.8) is 0 Å². The molecule has 0 rings (SSSR count). The van der Waals surface area contributed by atoms with Gasteiger partial charge in [0.1, 0.15) is 19.3 Å². The number of unbranched alkanes of at least 4 members (excludes halogenated alkanes) is 34. The lowest BCUT2D eigenvalue weighted by atomic mass is 10.0. The highest BCUT2D eigenvalue weighted by Gasteiger charge is 2.27. The minimum Gasteiger partial charge on any atom is -0.756 e. The van der Waals surface area contributed by atoms with Crippen LogP contribution in [0.15, 0.2) is 48.6 Å². The van der Waals surface area contributed by atoms with Crippen LogP contribution in [0.3, 0.4) is 0 Å². The number of nitrogens with one attached hydrogen (secondary N) is 1. The summed E-state index contributed by atoms with van der Waals surface area (Å²) < 4.78 is 30.3. The normalized spacial score (nSPS) is 14.0. The number of hydrogen-bond donors (Lipinski definition) is 1. The van der Waals surface area contributed by atoms with Gasteiger partial charge in [0.15, 0.2) is 0 Å². The molecule has 0 aromatic rings. The van der Waals surface area contributed by atoms with Gasteiger partial charge >= 0.3 is 5.97 Å². The Kier molecular flexibility index (Phi) is 50.9. The number of nitrogens with zero attached hydrogens (tertiary/aromatic N) is 1. The second-order valence-corrected chi connectivity index (χ2v) is 23.3. The van der Waals surface area contributed by atoms with E-state index in [4.69, 9.17) is 13.8 Å². The molecule has 3 unspecified atom stereocenters. The van der Waals surface area contributed by atoms with Crippen LogP contribution in [0.5, 0.6) is 0 Å². The molecular weight excluding hydrogens is 916 g/mol. The van der Waals surface area contributed by atoms with Crippen molar-refractivity contribution in [3.05, 3.63) is 48.6 Å². The molecule has 0 aliphatic heterocycles. The van der Waals surface area contributed by atoms with Gasteiger partial charge in [-0.1, -0.05) is 237 Å². The quantitative estimate of drug-likeness (QED) is 0.0161. The first kappa shape index (κ1) is 70.0. The number of ether oxygens (including phenoxy) is 1. The van der Waals surface area contributed by atoms with Crippen molar-refractivity contribution < 1.29 is 37.3 Å². The lowest BCUT2D eigenvalue weighted by Crippen LogP contribution is -2.47. The number of quaternary nitrogens is 1. The van der Waals surface area contributed by atoms with Crippen molar-refractivity contribution in [2.75, 3.05) is 40.9 Å². The number of phosphoric ester groups is 1. The average Bonchev–Trinajstić information content (AvgIpc) is 3.34. The molecule has 0 saturated carbocycles. The molecule has 1 amide bonds. The Morgan fingerprint density at radius 3 is 1.29 bits per heavy atom. The average molecular weight is 1030 g/mol. The molecule has 9 nitrogen and oxygen atoms in total. The van der Waals surface area contributed by atoms with Gasteiger partial charge in [-0.2, -0.15) is 0 Å². The minimum absolute atomic E-state index is 0.0244. The van der Waals surface area contributed by atoms with Crippen LogP contribution in [-0.4, -0.2) is 69.4 Å². The Morgan fingerprint density at radius 1 is 0.486 bits per heavy atom. The maximum absolute atomic E-state index is 13.5. The van der Waals surface area contributed by atoms with Crippen molar-refractivity contribution >= 4 is 19.7 Å². The summed E-state index contributed by atoms with van der Waals surface area (Å²) in [6.07, 6.45) is 63.5. The van der Waals surface area contributed by atoms with Gasteiger partial charge in [0, 0.05) is 12.8 Å². The minimum atomic E-state index is -4.70. The van der Waals surface area contributed by atoms with Crippen molar-refractivity contribution in [1.82, 2.24) is 5.32 Å². The molecule has 0 saturated heterocycles. The highest BCUT2D eigenvalue weighted by molar-refractivity contribution is 7.45. The second kappa shape index (κ2) is 52.4. The Hall–Kier alpha value is -2.03. The molecule has 0 aromatic heterocycles. The van der Waals surface area contributed by atoms with E-state index in [0.29, 0.717) is 17.4 Å². The van der Waals surface area contributed by atoms with Gasteiger partial charge in [-0.05, 0) is 83.1 Å². The number of likely N-dealkylation sites (N-methyl/N-ethyl adjacent to an activating group) is 1. The van der Waals surface area contributed by atoms with Crippen molar-refractivity contribution in [2.45, 2.75) is 296 Å². The summed E-state index contributed by atoms with van der Waals surface area (Å²) in [7, 11) is 1.18. The van der Waals surface area contributed by atoms with E-state index < -0.39 is 26.6 Å². The number of allylic oxidation sites excluding steroid dienone is 7. The van der Waals surface area contributed by atoms with E-state index in [1.54, 1.807) is 0 Å². The van der Waals surface area contributed by atoms with Crippen LogP contribution in [-0.2, 0) is 27.9 Å². The SMILES string of the molecule is CCCCC/C=C/C=C/CCCCCCCCC(=O)OC(/C=C\CCCCCCCCCCCC)C(COP(=O)([O-])OCC[N+](C)(C)C)NC(=O)CCCCCCCCCCC/C=C/CCCCCCCC. The number of amides is 1. The Balaban J connectivity index is 5.28. The van der Waals surface area contributed by atoms with E-state index >= 15 is 0 Å². The fourth-order valence-corrected chi connectivity index (χ4v) is 9.47. The topological polar surface area (TPSA) is 114 Å². The molecule has 72 heavy (non-hydrogen) atoms. The molecule has 0 bridgehead atoms. The molecule has 3 atom stereocenters. The third-order valence-corrected chi connectivity index (χ3v) is 14.5. The largest absolute Gasteiger partial charge is 0.756 e. The highest BCUT2D eigenvalue weighted by atomic mass is 31.2. The van der Waals surface area contributed by atoms with Gasteiger partial charge in [0.25, 0.3) is 7.82 Å². The number of phosphoric acid groups is 1. The lowest BCUT2D eigenvalue weighted by molar-refractivity contribution is -0.870. The third-order valence-electron chi connectivity index (χ3n) is 13.5. The lowest BCUT2D eigenvalue weighted by Gasteiger charge is -2.30. The van der Waals surface area contributed by atoms with Crippen molar-refractivity contribution in [2.24, 2.45) is 0 Å². The maximum Gasteiger partial charge on any atom is 0.306 e. The van der Waals surface area contributed by atoms with Crippen molar-refractivity contribution in [1.29, 1.82) is 0 Å². The summed E-state index contributed by atoms with van der Waals surface area (Å²) in [5.41, 5.74) is 0. The molecular formula is C62H117N2O7P. The third kappa shape index (κ3) is 52.8. The Labute approximate surface area is 446 Å². The van der Waals surface area contributed by atoms with Gasteiger partial charge in [-0.25, -0.2) is 0 Å². The summed E-state index contributed by atoms with van der Waals surface area (Å²) in [6, 6.07) is -0.893. The zero-order valence-corrected chi connectivity index (χ0v) is 49.0. The maximum atomic E-state index is 13.5. The van der Waals surface area contributed by atoms with E-state index in [1.165, 1.54) is 173 Å². The Bertz CT molecular complexity index is 1380. The van der Waals surface area contributed by atoms with Crippen LogP contribution in [0, 0.1) is 0 Å². The number of rotatable bonds is 55. The second-order valence-electron chi connectivity index (χ2n) is 21.9. The molecule has 0 aromatic carbocycles. The molecule has 0 aliphatic carbocycles. The van der Waals surface area contributed by atoms with Crippen LogP contribution >= 0.6 is 7.82 Å². The monoisotopic (exact) mass is 1030 g/mol. The number of hydrogen-bond acceptors (Lipinski definition) is 7. The molecule has 422 valence electrons. The predicted octanol–water partition coefficient (Wildman–Crippen LogP) is 17.9. The van der Waals surface area contributed by atoms with Crippen LogP contribution in [0.25, 0.3) is 0 Å². The van der Waals surface area contributed by atoms with E-state index in [0.717, 1.165) is 77.0 Å². The van der Waals surface area contributed by atoms with Crippen LogP contribution in [0.2, 0.25) is 0 Å². The fraction of sp³-hybridized carbons (Fsp3) is 0.839. The molecule has 0 heterocycles. The van der Waals surface area contributed by atoms with E-state index in [-0.39, 0.29) is 24.9 Å². The first-order chi connectivity index (χ1) is 34.9. The first-order valence-corrected chi connectivity index (χ1v) is 31.9. The zero-order chi connectivity index (χ0) is 52.9. The van der Waals surface area contributed by atoms with Crippen LogP contribution in [0.1, 0.15) is 284 Å². The van der Waals surface area contributed by atoms with Crippen molar-refractivity contribution in [3.8, 4) is 0 Å². The summed E-state index contributed by atoms with van der Waals surface area (Å²) in [4.78, 5) is 39.9. The fourth-order valence-electron chi connectivity index (χ4n) is 8.74. The molecule has 0 spiro atoms. The van der Waals surface area contributed by atoms with Gasteiger partial charge in [0.2, 0.25) is 5.91 Å². The molecule has 0 radical (unpaired) electrons. The van der Waals surface area contributed by atoms with Gasteiger partial charge in [-0.3, -0.25) is 14.2 Å². The summed E-state index contributed by atoms with van der Waals surface area (Å²) in [5.74, 6) is -0.550. The number of carbonyl (C=O) groups is 2. The molecule has 0 fully saturated rings. The highest BCUT2D eigenvalue weighted by Crippen LogP contribution is 2.38. The summed E-state index contributed by atoms with van der Waals surface area (Å²) in [5, 5.41) is 3.03. The van der Waals surface area contributed by atoms with E-state index in [9.17, 15) is 19.0 Å². The smallest absolute Gasteiger partial charge is 0.306 e. The predicted molar refractivity (Wildman–Crippen MR) is 307 cm³/mol. The van der Waals surface area contributed by atoms with Gasteiger partial charge in [0.05, 0.1) is 33.8 Å².